The van der Waals surface area contributed by atoms with Crippen LogP contribution in [-0.2, 0) is 11.3 Å². The molecule has 2 N–H and O–H groups in total. The summed E-state index contributed by atoms with van der Waals surface area (Å²) in [6.45, 7) is 4.53. The predicted molar refractivity (Wildman–Crippen MR) is 110 cm³/mol. The third-order valence-electron chi connectivity index (χ3n) is 4.45. The lowest BCUT2D eigenvalue weighted by Crippen LogP contribution is -2.38. The summed E-state index contributed by atoms with van der Waals surface area (Å²) in [5.74, 6) is 1.06. The molecule has 7 nitrogen and oxygen atoms in total. The molecule has 0 aliphatic heterocycles. The molecule has 0 bridgehead atoms. The lowest BCUT2D eigenvalue weighted by molar-refractivity contribution is -0.117. The number of aromatic nitrogens is 2. The summed E-state index contributed by atoms with van der Waals surface area (Å²) in [5, 5.41) is 3.43. The second-order valence-electron chi connectivity index (χ2n) is 6.81. The van der Waals surface area contributed by atoms with Crippen molar-refractivity contribution in [1.82, 2.24) is 14.9 Å². The highest BCUT2D eigenvalue weighted by molar-refractivity contribution is 5.92. The molecular weight excluding hydrogens is 356 g/mol. The topological polar surface area (TPSA) is 87.3 Å². The van der Waals surface area contributed by atoms with E-state index in [-0.39, 0.29) is 24.1 Å². The lowest BCUT2D eigenvalue weighted by Gasteiger charge is -2.25. The molecule has 0 aliphatic rings. The van der Waals surface area contributed by atoms with Crippen LogP contribution in [0.5, 0.6) is 5.75 Å². The molecule has 1 heterocycles. The van der Waals surface area contributed by atoms with Crippen molar-refractivity contribution in [3.63, 3.8) is 0 Å². The van der Waals surface area contributed by atoms with Crippen molar-refractivity contribution in [3.05, 3.63) is 64.7 Å². The van der Waals surface area contributed by atoms with Gasteiger partial charge in [0.2, 0.25) is 5.91 Å². The van der Waals surface area contributed by atoms with E-state index in [9.17, 15) is 9.59 Å². The quantitative estimate of drug-likeness (QED) is 0.658. The molecule has 7 heteroatoms. The molecule has 0 atom stereocenters. The van der Waals surface area contributed by atoms with Gasteiger partial charge in [0.1, 0.15) is 11.6 Å². The van der Waals surface area contributed by atoms with Crippen molar-refractivity contribution in [3.8, 4) is 5.75 Å². The van der Waals surface area contributed by atoms with Gasteiger partial charge in [-0.3, -0.25) is 14.5 Å². The summed E-state index contributed by atoms with van der Waals surface area (Å²) in [6, 6.07) is 14.5. The molecule has 0 aliphatic carbocycles. The second-order valence-corrected chi connectivity index (χ2v) is 6.81. The molecule has 1 aromatic heterocycles. The maximum absolute atomic E-state index is 12.5. The molecule has 0 spiro atoms. The fraction of sp³-hybridized carbons (Fsp3) is 0.286. The monoisotopic (exact) mass is 380 g/mol. The Labute approximate surface area is 163 Å². The number of para-hydroxylation sites is 1. The van der Waals surface area contributed by atoms with Gasteiger partial charge in [-0.15, -0.1) is 0 Å². The second kappa shape index (κ2) is 8.67. The van der Waals surface area contributed by atoms with Gasteiger partial charge in [-0.2, -0.15) is 0 Å². The van der Waals surface area contributed by atoms with Crippen molar-refractivity contribution in [2.75, 3.05) is 19.0 Å². The van der Waals surface area contributed by atoms with Gasteiger partial charge >= 0.3 is 0 Å². The number of anilines is 1. The number of nitrogens with one attached hydrogen (secondary N) is 2. The summed E-state index contributed by atoms with van der Waals surface area (Å²) in [5.41, 5.74) is 1.14. The Morgan fingerprint density at radius 3 is 2.75 bits per heavy atom. The van der Waals surface area contributed by atoms with Crippen LogP contribution >= 0.6 is 0 Å². The molecule has 0 saturated carbocycles. The minimum absolute atomic E-state index is 0.0906. The number of methoxy groups -OCH3 is 1. The summed E-state index contributed by atoms with van der Waals surface area (Å²) in [6.07, 6.45) is 0. The number of H-pyrrole nitrogens is 1. The Morgan fingerprint density at radius 2 is 2.00 bits per heavy atom. The van der Waals surface area contributed by atoms with E-state index in [1.54, 1.807) is 19.2 Å². The largest absolute Gasteiger partial charge is 0.497 e. The fourth-order valence-corrected chi connectivity index (χ4v) is 2.91. The van der Waals surface area contributed by atoms with Crippen molar-refractivity contribution in [2.24, 2.45) is 0 Å². The Balaban J connectivity index is 1.73. The first kappa shape index (κ1) is 19.6. The highest BCUT2D eigenvalue weighted by Gasteiger charge is 2.17. The zero-order chi connectivity index (χ0) is 20.1. The third-order valence-corrected chi connectivity index (χ3v) is 4.45. The summed E-state index contributed by atoms with van der Waals surface area (Å²) in [4.78, 5) is 34.1. The van der Waals surface area contributed by atoms with Gasteiger partial charge in [-0.1, -0.05) is 18.2 Å². The molecule has 0 unspecified atom stereocenters. The lowest BCUT2D eigenvalue weighted by atomic mass is 10.2. The molecule has 0 saturated heterocycles. The Kier molecular flexibility index (Phi) is 6.06. The van der Waals surface area contributed by atoms with Crippen LogP contribution < -0.4 is 15.6 Å². The number of amides is 1. The number of hydrogen-bond donors (Lipinski definition) is 2. The van der Waals surface area contributed by atoms with Gasteiger partial charge in [-0.05, 0) is 38.1 Å². The minimum atomic E-state index is -0.176. The van der Waals surface area contributed by atoms with E-state index in [0.29, 0.717) is 34.7 Å². The summed E-state index contributed by atoms with van der Waals surface area (Å²) < 4.78 is 5.18. The van der Waals surface area contributed by atoms with E-state index in [4.69, 9.17) is 4.74 Å². The Bertz CT molecular complexity index is 1030. The van der Waals surface area contributed by atoms with Gasteiger partial charge in [0.25, 0.3) is 5.56 Å². The van der Waals surface area contributed by atoms with E-state index in [1.807, 2.05) is 55.1 Å². The molecule has 3 aromatic rings. The first-order valence-electron chi connectivity index (χ1n) is 9.12. The van der Waals surface area contributed by atoms with Crippen LogP contribution in [0.25, 0.3) is 10.9 Å². The normalized spacial score (nSPS) is 11.2. The number of fused-ring (bicyclic) bond motifs is 1. The van der Waals surface area contributed by atoms with Gasteiger partial charge in [0.05, 0.1) is 31.1 Å². The van der Waals surface area contributed by atoms with Crippen LogP contribution in [0.4, 0.5) is 5.69 Å². The molecule has 2 aromatic carbocycles. The zero-order valence-corrected chi connectivity index (χ0v) is 16.2. The van der Waals surface area contributed by atoms with Crippen molar-refractivity contribution in [2.45, 2.75) is 26.4 Å². The van der Waals surface area contributed by atoms with E-state index < -0.39 is 0 Å². The average molecular weight is 380 g/mol. The van der Waals surface area contributed by atoms with Crippen LogP contribution in [0.1, 0.15) is 19.7 Å². The fourth-order valence-electron chi connectivity index (χ4n) is 2.91. The van der Waals surface area contributed by atoms with Gasteiger partial charge in [0, 0.05) is 17.8 Å². The molecule has 1 amide bonds. The molecule has 146 valence electrons. The number of ether oxygens (including phenoxy) is 1. The highest BCUT2D eigenvalue weighted by atomic mass is 16.5. The van der Waals surface area contributed by atoms with E-state index in [1.165, 1.54) is 0 Å². The average Bonchev–Trinajstić information content (AvgIpc) is 2.67. The van der Waals surface area contributed by atoms with Gasteiger partial charge < -0.3 is 15.0 Å². The van der Waals surface area contributed by atoms with Crippen LogP contribution in [-0.4, -0.2) is 40.5 Å². The molecular formula is C21H24N4O3. The molecule has 28 heavy (non-hydrogen) atoms. The molecule has 0 radical (unpaired) electrons. The zero-order valence-electron chi connectivity index (χ0n) is 16.2. The van der Waals surface area contributed by atoms with Crippen molar-refractivity contribution in [1.29, 1.82) is 0 Å². The highest BCUT2D eigenvalue weighted by Crippen LogP contribution is 2.17. The molecule has 3 rings (SSSR count). The third kappa shape index (κ3) is 4.75. The minimum Gasteiger partial charge on any atom is -0.497 e. The number of hydrogen-bond acceptors (Lipinski definition) is 5. The first-order chi connectivity index (χ1) is 13.5. The number of benzene rings is 2. The van der Waals surface area contributed by atoms with Gasteiger partial charge in [0.15, 0.2) is 0 Å². The number of nitrogens with zero attached hydrogens (tertiary/aromatic N) is 2. The van der Waals surface area contributed by atoms with Crippen LogP contribution in [0.2, 0.25) is 0 Å². The van der Waals surface area contributed by atoms with Crippen LogP contribution in [0.15, 0.2) is 53.3 Å². The maximum Gasteiger partial charge on any atom is 0.258 e. The van der Waals surface area contributed by atoms with E-state index in [2.05, 4.69) is 15.3 Å². The maximum atomic E-state index is 12.5. The smallest absolute Gasteiger partial charge is 0.258 e. The van der Waals surface area contributed by atoms with E-state index in [0.717, 1.165) is 0 Å². The van der Waals surface area contributed by atoms with Crippen molar-refractivity contribution < 1.29 is 9.53 Å². The number of rotatable bonds is 7. The predicted octanol–water partition coefficient (Wildman–Crippen LogP) is 2.78. The summed E-state index contributed by atoms with van der Waals surface area (Å²) >= 11 is 0. The van der Waals surface area contributed by atoms with Crippen molar-refractivity contribution >= 4 is 22.5 Å². The van der Waals surface area contributed by atoms with Gasteiger partial charge in [-0.25, -0.2) is 4.98 Å². The van der Waals surface area contributed by atoms with Crippen LogP contribution in [0.3, 0.4) is 0 Å². The van der Waals surface area contributed by atoms with Crippen LogP contribution in [0, 0.1) is 0 Å². The number of aromatic amines is 1. The Hall–Kier alpha value is -3.19. The standard InChI is InChI=1S/C21H24N4O3/c1-14(2)25(13-20(26)22-15-7-6-8-16(11-15)28-3)12-19-23-18-10-5-4-9-17(18)21(27)24-19/h4-11,14H,12-13H2,1-3H3,(H,22,26)(H,23,24,27). The summed E-state index contributed by atoms with van der Waals surface area (Å²) in [7, 11) is 1.58. The SMILES string of the molecule is COc1cccc(NC(=O)CN(Cc2nc3ccccc3c(=O)[nH]2)C(C)C)c1. The number of carbonyl (C=O) groups is 1. The van der Waals surface area contributed by atoms with E-state index >= 15 is 0 Å². The first-order valence-corrected chi connectivity index (χ1v) is 9.12. The number of carbonyl (C=O) groups excluding carboxylic acids is 1. The Morgan fingerprint density at radius 1 is 1.21 bits per heavy atom. The molecule has 0 fully saturated rings.